The first-order chi connectivity index (χ1) is 6.21. The predicted molar refractivity (Wildman–Crippen MR) is 59.0 cm³/mol. The molecule has 1 fully saturated rings. The van der Waals surface area contributed by atoms with Gasteiger partial charge in [-0.3, -0.25) is 0 Å². The van der Waals surface area contributed by atoms with Gasteiger partial charge in [-0.15, -0.1) is 0 Å². The monoisotopic (exact) mass is 186 g/mol. The van der Waals surface area contributed by atoms with Crippen LogP contribution in [0.5, 0.6) is 0 Å². The van der Waals surface area contributed by atoms with Crippen LogP contribution in [0.4, 0.5) is 0 Å². The van der Waals surface area contributed by atoms with Gasteiger partial charge in [0, 0.05) is 6.61 Å². The van der Waals surface area contributed by atoms with Crippen molar-refractivity contribution in [2.75, 3.05) is 13.2 Å². The molecule has 1 unspecified atom stereocenters. The molecule has 1 heteroatoms. The summed E-state index contributed by atoms with van der Waals surface area (Å²) >= 11 is 0. The second-order valence-electron chi connectivity index (χ2n) is 4.03. The second-order valence-corrected chi connectivity index (χ2v) is 4.03. The molecule has 0 saturated carbocycles. The summed E-state index contributed by atoms with van der Waals surface area (Å²) in [5.41, 5.74) is 0.498. The molecule has 0 bridgehead atoms. The summed E-state index contributed by atoms with van der Waals surface area (Å²) in [6.07, 6.45) is 3.89. The third-order valence-corrected chi connectivity index (χ3v) is 3.28. The number of hydrogen-bond acceptors (Lipinski definition) is 1. The molecule has 0 aromatic rings. The van der Waals surface area contributed by atoms with Gasteiger partial charge in [-0.05, 0) is 30.6 Å². The third-order valence-electron chi connectivity index (χ3n) is 3.28. The maximum atomic E-state index is 5.54. The first-order valence-corrected chi connectivity index (χ1v) is 5.79. The van der Waals surface area contributed by atoms with E-state index in [2.05, 4.69) is 20.8 Å². The van der Waals surface area contributed by atoms with E-state index in [0.29, 0.717) is 5.41 Å². The molecule has 0 radical (unpaired) electrons. The normalized spacial score (nSPS) is 28.2. The SMILES string of the molecule is CC.CCC1(C(C)C)CCCOC1. The molecule has 0 N–H and O–H groups in total. The molecule has 1 aliphatic heterocycles. The summed E-state index contributed by atoms with van der Waals surface area (Å²) in [5, 5.41) is 0. The van der Waals surface area contributed by atoms with Crippen molar-refractivity contribution in [3.05, 3.63) is 0 Å². The molecule has 0 aromatic heterocycles. The minimum atomic E-state index is 0.498. The van der Waals surface area contributed by atoms with Gasteiger partial charge in [-0.25, -0.2) is 0 Å². The highest BCUT2D eigenvalue weighted by Crippen LogP contribution is 2.38. The number of ether oxygens (including phenoxy) is 1. The molecule has 0 aromatic carbocycles. The fraction of sp³-hybridized carbons (Fsp3) is 1.00. The van der Waals surface area contributed by atoms with Crippen LogP contribution in [0.25, 0.3) is 0 Å². The van der Waals surface area contributed by atoms with Gasteiger partial charge in [-0.2, -0.15) is 0 Å². The van der Waals surface area contributed by atoms with E-state index in [9.17, 15) is 0 Å². The van der Waals surface area contributed by atoms with Gasteiger partial charge < -0.3 is 4.74 Å². The van der Waals surface area contributed by atoms with E-state index in [1.54, 1.807) is 0 Å². The zero-order valence-corrected chi connectivity index (χ0v) is 10.0. The Bertz CT molecular complexity index is 112. The Labute approximate surface area is 83.9 Å². The Morgan fingerprint density at radius 2 is 1.92 bits per heavy atom. The summed E-state index contributed by atoms with van der Waals surface area (Å²) in [5.74, 6) is 0.771. The molecule has 1 atom stereocenters. The Hall–Kier alpha value is -0.0400. The lowest BCUT2D eigenvalue weighted by Gasteiger charge is -2.39. The van der Waals surface area contributed by atoms with Crippen LogP contribution in [0.15, 0.2) is 0 Å². The lowest BCUT2D eigenvalue weighted by Crippen LogP contribution is -2.35. The standard InChI is InChI=1S/C10H20O.C2H6/c1-4-10(9(2)3)6-5-7-11-8-10;1-2/h9H,4-8H2,1-3H3;1-2H3. The minimum absolute atomic E-state index is 0.498. The van der Waals surface area contributed by atoms with Gasteiger partial charge in [0.15, 0.2) is 0 Å². The van der Waals surface area contributed by atoms with Crippen LogP contribution in [-0.2, 0) is 4.74 Å². The molecule has 1 heterocycles. The van der Waals surface area contributed by atoms with Crippen molar-refractivity contribution in [3.8, 4) is 0 Å². The van der Waals surface area contributed by atoms with Crippen LogP contribution < -0.4 is 0 Å². The van der Waals surface area contributed by atoms with Crippen molar-refractivity contribution in [2.45, 2.75) is 53.9 Å². The van der Waals surface area contributed by atoms with Crippen LogP contribution in [0.3, 0.4) is 0 Å². The smallest absolute Gasteiger partial charge is 0.0524 e. The Morgan fingerprint density at radius 1 is 1.31 bits per heavy atom. The van der Waals surface area contributed by atoms with Crippen molar-refractivity contribution < 1.29 is 4.74 Å². The fourth-order valence-corrected chi connectivity index (χ4v) is 2.02. The molecule has 13 heavy (non-hydrogen) atoms. The molecule has 1 nitrogen and oxygen atoms in total. The first kappa shape index (κ1) is 13.0. The summed E-state index contributed by atoms with van der Waals surface area (Å²) in [7, 11) is 0. The summed E-state index contributed by atoms with van der Waals surface area (Å²) in [4.78, 5) is 0. The van der Waals surface area contributed by atoms with Crippen LogP contribution in [0.2, 0.25) is 0 Å². The van der Waals surface area contributed by atoms with Crippen molar-refractivity contribution in [2.24, 2.45) is 11.3 Å². The quantitative estimate of drug-likeness (QED) is 0.636. The second kappa shape index (κ2) is 6.42. The van der Waals surface area contributed by atoms with Gasteiger partial charge in [-0.1, -0.05) is 34.6 Å². The van der Waals surface area contributed by atoms with Crippen LogP contribution in [0.1, 0.15) is 53.9 Å². The third kappa shape index (κ3) is 3.30. The van der Waals surface area contributed by atoms with Crippen LogP contribution >= 0.6 is 0 Å². The lowest BCUT2D eigenvalue weighted by molar-refractivity contribution is -0.0365. The van der Waals surface area contributed by atoms with E-state index >= 15 is 0 Å². The van der Waals surface area contributed by atoms with Crippen molar-refractivity contribution in [1.82, 2.24) is 0 Å². The fourth-order valence-electron chi connectivity index (χ4n) is 2.02. The van der Waals surface area contributed by atoms with E-state index in [0.717, 1.165) is 19.1 Å². The predicted octanol–water partition coefficient (Wildman–Crippen LogP) is 3.88. The molecule has 1 rings (SSSR count). The van der Waals surface area contributed by atoms with Gasteiger partial charge >= 0.3 is 0 Å². The molecule has 80 valence electrons. The molecule has 0 spiro atoms. The summed E-state index contributed by atoms with van der Waals surface area (Å²) < 4.78 is 5.54. The van der Waals surface area contributed by atoms with Crippen molar-refractivity contribution in [1.29, 1.82) is 0 Å². The first-order valence-electron chi connectivity index (χ1n) is 5.79. The van der Waals surface area contributed by atoms with Crippen LogP contribution in [0, 0.1) is 11.3 Å². The molecule has 1 saturated heterocycles. The average Bonchev–Trinajstić information content (AvgIpc) is 2.21. The Balaban J connectivity index is 0.000000671. The van der Waals surface area contributed by atoms with Gasteiger partial charge in [0.2, 0.25) is 0 Å². The average molecular weight is 186 g/mol. The molecule has 0 amide bonds. The Morgan fingerprint density at radius 3 is 2.15 bits per heavy atom. The van der Waals surface area contributed by atoms with E-state index in [4.69, 9.17) is 4.74 Å². The van der Waals surface area contributed by atoms with Gasteiger partial charge in [0.25, 0.3) is 0 Å². The molecule has 1 aliphatic rings. The highest BCUT2D eigenvalue weighted by atomic mass is 16.5. The minimum Gasteiger partial charge on any atom is -0.381 e. The van der Waals surface area contributed by atoms with E-state index < -0.39 is 0 Å². The largest absolute Gasteiger partial charge is 0.381 e. The van der Waals surface area contributed by atoms with Gasteiger partial charge in [0.05, 0.1) is 6.61 Å². The zero-order valence-electron chi connectivity index (χ0n) is 10.0. The maximum absolute atomic E-state index is 5.54. The molecular formula is C12H26O. The summed E-state index contributed by atoms with van der Waals surface area (Å²) in [6, 6.07) is 0. The van der Waals surface area contributed by atoms with Gasteiger partial charge in [0.1, 0.15) is 0 Å². The molecule has 0 aliphatic carbocycles. The number of rotatable bonds is 2. The summed E-state index contributed by atoms with van der Waals surface area (Å²) in [6.45, 7) is 12.9. The van der Waals surface area contributed by atoms with Crippen LogP contribution in [-0.4, -0.2) is 13.2 Å². The topological polar surface area (TPSA) is 9.23 Å². The van der Waals surface area contributed by atoms with Crippen molar-refractivity contribution in [3.63, 3.8) is 0 Å². The number of hydrogen-bond donors (Lipinski definition) is 0. The van der Waals surface area contributed by atoms with Crippen molar-refractivity contribution >= 4 is 0 Å². The highest BCUT2D eigenvalue weighted by molar-refractivity contribution is 4.83. The molecular weight excluding hydrogens is 160 g/mol. The zero-order chi connectivity index (χ0) is 10.3. The lowest BCUT2D eigenvalue weighted by atomic mass is 9.71. The van der Waals surface area contributed by atoms with E-state index in [-0.39, 0.29) is 0 Å². The highest BCUT2D eigenvalue weighted by Gasteiger charge is 2.33. The maximum Gasteiger partial charge on any atom is 0.0524 e. The van der Waals surface area contributed by atoms with E-state index in [1.807, 2.05) is 13.8 Å². The van der Waals surface area contributed by atoms with E-state index in [1.165, 1.54) is 19.3 Å². The Kier molecular flexibility index (Phi) is 6.40.